The number of nitrogens with one attached hydrogen (secondary N) is 2. The second-order valence-electron chi connectivity index (χ2n) is 8.44. The topological polar surface area (TPSA) is 69.1 Å². The lowest BCUT2D eigenvalue weighted by atomic mass is 9.80. The summed E-state index contributed by atoms with van der Waals surface area (Å²) in [5.74, 6) is 3.41. The highest BCUT2D eigenvalue weighted by Crippen LogP contribution is 2.35. The van der Waals surface area contributed by atoms with Gasteiger partial charge in [-0.25, -0.2) is 0 Å². The van der Waals surface area contributed by atoms with E-state index in [0.717, 1.165) is 45.1 Å². The molecule has 0 aromatic heterocycles. The predicted molar refractivity (Wildman–Crippen MR) is 114 cm³/mol. The van der Waals surface area contributed by atoms with Crippen LogP contribution in [0.3, 0.4) is 0 Å². The molecule has 0 radical (unpaired) electrons. The Morgan fingerprint density at radius 1 is 1.11 bits per heavy atom. The van der Waals surface area contributed by atoms with Crippen molar-refractivity contribution in [3.63, 3.8) is 0 Å². The fourth-order valence-corrected chi connectivity index (χ4v) is 5.81. The number of aliphatic hydroxyl groups is 1. The van der Waals surface area contributed by atoms with E-state index in [1.807, 2.05) is 7.05 Å². The number of hydrogen-bond acceptors (Lipinski definition) is 5. The summed E-state index contributed by atoms with van der Waals surface area (Å²) in [7, 11) is 1.85. The summed E-state index contributed by atoms with van der Waals surface area (Å²) >= 11 is 2.09. The van der Waals surface area contributed by atoms with Gasteiger partial charge in [0, 0.05) is 68.9 Å². The molecule has 3 N–H and O–H groups in total. The summed E-state index contributed by atoms with van der Waals surface area (Å²) in [6, 6.07) is 0. The van der Waals surface area contributed by atoms with E-state index in [2.05, 4.69) is 32.3 Å². The number of thioether (sulfide) groups is 1. The average Bonchev–Trinajstić information content (AvgIpc) is 3.18. The third-order valence-corrected chi connectivity index (χ3v) is 7.68. The van der Waals surface area contributed by atoms with Gasteiger partial charge in [0.05, 0.1) is 6.61 Å². The fourth-order valence-electron chi connectivity index (χ4n) is 4.90. The fraction of sp³-hybridized carbons (Fsp3) is 0.950. The van der Waals surface area contributed by atoms with Crippen LogP contribution in [0.2, 0.25) is 0 Å². The number of ether oxygens (including phenoxy) is 1. The van der Waals surface area contributed by atoms with Crippen LogP contribution in [0, 0.1) is 5.41 Å². The van der Waals surface area contributed by atoms with Crippen molar-refractivity contribution in [3.05, 3.63) is 0 Å². The van der Waals surface area contributed by atoms with Gasteiger partial charge in [0.1, 0.15) is 0 Å². The molecule has 156 valence electrons. The molecule has 6 nitrogen and oxygen atoms in total. The molecule has 3 rings (SSSR count). The minimum atomic E-state index is 0.0407. The normalized spacial score (nSPS) is 29.6. The van der Waals surface area contributed by atoms with Crippen molar-refractivity contribution in [2.24, 2.45) is 10.4 Å². The summed E-state index contributed by atoms with van der Waals surface area (Å²) in [5, 5.41) is 16.6. The van der Waals surface area contributed by atoms with Crippen LogP contribution in [0.4, 0.5) is 0 Å². The molecule has 0 aromatic carbocycles. The van der Waals surface area contributed by atoms with Crippen LogP contribution in [-0.2, 0) is 4.74 Å². The zero-order valence-electron chi connectivity index (χ0n) is 17.0. The monoisotopic (exact) mass is 398 g/mol. The molecule has 1 atom stereocenters. The molecule has 2 saturated heterocycles. The Bertz CT molecular complexity index is 471. The molecule has 2 heterocycles. The van der Waals surface area contributed by atoms with Crippen LogP contribution in [0.25, 0.3) is 0 Å². The predicted octanol–water partition coefficient (Wildman–Crippen LogP) is 1.69. The lowest BCUT2D eigenvalue weighted by Crippen LogP contribution is -2.60. The average molecular weight is 399 g/mol. The second-order valence-corrected chi connectivity index (χ2v) is 9.66. The molecule has 2 aliphatic heterocycles. The van der Waals surface area contributed by atoms with Gasteiger partial charge in [0.15, 0.2) is 5.96 Å². The zero-order valence-corrected chi connectivity index (χ0v) is 17.8. The third-order valence-electron chi connectivity index (χ3n) is 6.73. The van der Waals surface area contributed by atoms with E-state index in [1.54, 1.807) is 0 Å². The van der Waals surface area contributed by atoms with Crippen molar-refractivity contribution >= 4 is 17.7 Å². The number of hydrogen-bond donors (Lipinski definition) is 3. The van der Waals surface area contributed by atoms with Crippen molar-refractivity contribution in [3.8, 4) is 0 Å². The molecule has 1 saturated carbocycles. The van der Waals surface area contributed by atoms with Crippen LogP contribution >= 0.6 is 11.8 Å². The van der Waals surface area contributed by atoms with Crippen molar-refractivity contribution < 1.29 is 9.84 Å². The maximum atomic E-state index is 9.43. The van der Waals surface area contributed by atoms with Gasteiger partial charge in [-0.1, -0.05) is 19.3 Å². The highest BCUT2D eigenvalue weighted by molar-refractivity contribution is 7.99. The van der Waals surface area contributed by atoms with Crippen molar-refractivity contribution in [2.75, 3.05) is 64.6 Å². The van der Waals surface area contributed by atoms with Gasteiger partial charge in [-0.05, 0) is 25.7 Å². The lowest BCUT2D eigenvalue weighted by Gasteiger charge is -2.48. The molecule has 1 unspecified atom stereocenters. The summed E-state index contributed by atoms with van der Waals surface area (Å²) in [6.45, 7) is 5.95. The Hall–Kier alpha value is -0.500. The van der Waals surface area contributed by atoms with Gasteiger partial charge >= 0.3 is 0 Å². The molecular weight excluding hydrogens is 360 g/mol. The number of aliphatic hydroxyl groups excluding tert-OH is 1. The van der Waals surface area contributed by atoms with Crippen LogP contribution in [0.15, 0.2) is 4.99 Å². The van der Waals surface area contributed by atoms with Crippen molar-refractivity contribution in [1.82, 2.24) is 15.5 Å². The summed E-state index contributed by atoms with van der Waals surface area (Å²) in [5.41, 5.74) is 0.328. The Labute approximate surface area is 168 Å². The third kappa shape index (κ3) is 5.52. The van der Waals surface area contributed by atoms with Gasteiger partial charge in [-0.15, -0.1) is 0 Å². The minimum absolute atomic E-state index is 0.0407. The highest BCUT2D eigenvalue weighted by atomic mass is 32.2. The Balaban J connectivity index is 1.56. The molecule has 0 spiro atoms. The van der Waals surface area contributed by atoms with E-state index in [0.29, 0.717) is 0 Å². The smallest absolute Gasteiger partial charge is 0.191 e. The molecule has 7 heteroatoms. The number of aliphatic imine (C=N–C) groups is 1. The van der Waals surface area contributed by atoms with E-state index in [1.165, 1.54) is 56.7 Å². The molecular formula is C20H38N4O2S. The van der Waals surface area contributed by atoms with Gasteiger partial charge in [-0.2, -0.15) is 11.8 Å². The first-order valence-electron chi connectivity index (χ1n) is 10.7. The first kappa shape index (κ1) is 21.2. The molecule has 3 fully saturated rings. The first-order chi connectivity index (χ1) is 13.2. The first-order valence-corrected chi connectivity index (χ1v) is 11.8. The van der Waals surface area contributed by atoms with Crippen LogP contribution in [-0.4, -0.2) is 86.1 Å². The van der Waals surface area contributed by atoms with Gasteiger partial charge < -0.3 is 20.5 Å². The van der Waals surface area contributed by atoms with Gasteiger partial charge in [0.2, 0.25) is 0 Å². The molecule has 0 aromatic rings. The van der Waals surface area contributed by atoms with Crippen molar-refractivity contribution in [2.45, 2.75) is 50.5 Å². The van der Waals surface area contributed by atoms with Crippen LogP contribution in [0.5, 0.6) is 0 Å². The SMILES string of the molecule is CN=C(NCC1(CCO)CCOC1)NCC1(N2CCSCC2)CCCCC1. The molecule has 3 aliphatic rings. The Morgan fingerprint density at radius 2 is 1.85 bits per heavy atom. The standard InChI is InChI=1S/C20H38N4O2S/c1-21-18(22-15-19(7-11-25)8-12-26-17-19)23-16-20(5-3-2-4-6-20)24-9-13-27-14-10-24/h25H,2-17H2,1H3,(H2,21,22,23). The molecule has 0 amide bonds. The lowest BCUT2D eigenvalue weighted by molar-refractivity contribution is 0.0625. The molecule has 1 aliphatic carbocycles. The van der Waals surface area contributed by atoms with Crippen molar-refractivity contribution in [1.29, 1.82) is 0 Å². The largest absolute Gasteiger partial charge is 0.396 e. The highest BCUT2D eigenvalue weighted by Gasteiger charge is 2.39. The zero-order chi connectivity index (χ0) is 19.0. The number of guanidine groups is 1. The van der Waals surface area contributed by atoms with Crippen LogP contribution < -0.4 is 10.6 Å². The van der Waals surface area contributed by atoms with Gasteiger partial charge in [0.25, 0.3) is 0 Å². The minimum Gasteiger partial charge on any atom is -0.396 e. The Kier molecular flexibility index (Phi) is 8.11. The van der Waals surface area contributed by atoms with Gasteiger partial charge in [-0.3, -0.25) is 9.89 Å². The number of nitrogens with zero attached hydrogens (tertiary/aromatic N) is 2. The molecule has 27 heavy (non-hydrogen) atoms. The van der Waals surface area contributed by atoms with Crippen LogP contribution in [0.1, 0.15) is 44.9 Å². The van der Waals surface area contributed by atoms with E-state index < -0.39 is 0 Å². The number of rotatable bonds is 7. The summed E-state index contributed by atoms with van der Waals surface area (Å²) in [4.78, 5) is 7.22. The van der Waals surface area contributed by atoms with E-state index >= 15 is 0 Å². The maximum absolute atomic E-state index is 9.43. The van der Waals surface area contributed by atoms with E-state index in [-0.39, 0.29) is 17.6 Å². The second kappa shape index (κ2) is 10.3. The maximum Gasteiger partial charge on any atom is 0.191 e. The summed E-state index contributed by atoms with van der Waals surface area (Å²) in [6.07, 6.45) is 8.44. The molecule has 0 bridgehead atoms. The Morgan fingerprint density at radius 3 is 2.48 bits per heavy atom. The quantitative estimate of drug-likeness (QED) is 0.448. The van der Waals surface area contributed by atoms with E-state index in [4.69, 9.17) is 4.74 Å². The van der Waals surface area contributed by atoms with E-state index in [9.17, 15) is 5.11 Å². The summed E-state index contributed by atoms with van der Waals surface area (Å²) < 4.78 is 5.61.